The number of aryl methyl sites for hydroxylation is 3. The predicted octanol–water partition coefficient (Wildman–Crippen LogP) is 2.93. The fourth-order valence-electron chi connectivity index (χ4n) is 3.95. The minimum Gasteiger partial charge on any atom is -0.337 e. The molecule has 0 unspecified atom stereocenters. The maximum Gasteiger partial charge on any atom is 0.255 e. The molecule has 1 aromatic carbocycles. The first kappa shape index (κ1) is 18.6. The van der Waals surface area contributed by atoms with Gasteiger partial charge in [0.2, 0.25) is 0 Å². The van der Waals surface area contributed by atoms with Crippen molar-refractivity contribution in [1.29, 1.82) is 0 Å². The lowest BCUT2D eigenvalue weighted by Gasteiger charge is -2.22. The highest BCUT2D eigenvalue weighted by Crippen LogP contribution is 2.17. The molecule has 0 aliphatic carbocycles. The van der Waals surface area contributed by atoms with E-state index in [0.717, 1.165) is 73.0 Å². The second-order valence-corrected chi connectivity index (χ2v) is 7.58. The molecule has 1 amide bonds. The van der Waals surface area contributed by atoms with Gasteiger partial charge in [0.15, 0.2) is 0 Å². The van der Waals surface area contributed by atoms with Gasteiger partial charge in [0, 0.05) is 38.9 Å². The molecule has 1 saturated heterocycles. The van der Waals surface area contributed by atoms with E-state index in [-0.39, 0.29) is 5.91 Å². The number of imidazole rings is 1. The third kappa shape index (κ3) is 3.64. The number of carbonyl (C=O) groups excluding carboxylic acids is 1. The van der Waals surface area contributed by atoms with Crippen LogP contribution in [0, 0.1) is 13.8 Å². The summed E-state index contributed by atoms with van der Waals surface area (Å²) in [4.78, 5) is 26.6. The topological polar surface area (TPSA) is 54.3 Å². The first-order valence-corrected chi connectivity index (χ1v) is 9.89. The number of benzene rings is 1. The average molecular weight is 377 g/mol. The standard InChI is InChI=1S/C22H27N5O/c1-16-9-10-18(17(2)23-16)22(28)27-12-6-11-26(13-14-27)15-21-24-19-7-4-5-8-20(19)25(21)3/h4-5,7-10H,6,11-15H2,1-3H3. The SMILES string of the molecule is Cc1ccc(C(=O)N2CCCN(Cc3nc4ccccc4n3C)CC2)c(C)n1. The number of hydrogen-bond acceptors (Lipinski definition) is 4. The second kappa shape index (κ2) is 7.72. The van der Waals surface area contributed by atoms with Gasteiger partial charge in [0.1, 0.15) is 5.82 Å². The fraction of sp³-hybridized carbons (Fsp3) is 0.409. The van der Waals surface area contributed by atoms with Crippen LogP contribution < -0.4 is 0 Å². The van der Waals surface area contributed by atoms with E-state index in [4.69, 9.17) is 4.98 Å². The summed E-state index contributed by atoms with van der Waals surface area (Å²) in [6.07, 6.45) is 0.966. The maximum absolute atomic E-state index is 13.0. The van der Waals surface area contributed by atoms with Crippen molar-refractivity contribution in [3.8, 4) is 0 Å². The van der Waals surface area contributed by atoms with Crippen molar-refractivity contribution in [1.82, 2.24) is 24.3 Å². The zero-order valence-electron chi connectivity index (χ0n) is 16.9. The van der Waals surface area contributed by atoms with Crippen LogP contribution in [-0.2, 0) is 13.6 Å². The molecule has 0 N–H and O–H groups in total. The zero-order chi connectivity index (χ0) is 19.7. The van der Waals surface area contributed by atoms with Gasteiger partial charge in [-0.15, -0.1) is 0 Å². The minimum absolute atomic E-state index is 0.0922. The van der Waals surface area contributed by atoms with Gasteiger partial charge >= 0.3 is 0 Å². The van der Waals surface area contributed by atoms with Crippen LogP contribution in [0.5, 0.6) is 0 Å². The van der Waals surface area contributed by atoms with E-state index in [1.54, 1.807) is 0 Å². The number of fused-ring (bicyclic) bond motifs is 1. The van der Waals surface area contributed by atoms with Crippen LogP contribution in [0.25, 0.3) is 11.0 Å². The Morgan fingerprint density at radius 3 is 2.61 bits per heavy atom. The van der Waals surface area contributed by atoms with Gasteiger partial charge in [0.05, 0.1) is 28.8 Å². The van der Waals surface area contributed by atoms with Gasteiger partial charge < -0.3 is 9.47 Å². The Morgan fingerprint density at radius 1 is 1.00 bits per heavy atom. The highest BCUT2D eigenvalue weighted by Gasteiger charge is 2.22. The molecule has 146 valence electrons. The van der Waals surface area contributed by atoms with Crippen LogP contribution in [0.3, 0.4) is 0 Å². The summed E-state index contributed by atoms with van der Waals surface area (Å²) >= 11 is 0. The molecule has 1 aliphatic rings. The Labute approximate surface area is 165 Å². The Bertz CT molecular complexity index is 1010. The Morgan fingerprint density at radius 2 is 1.82 bits per heavy atom. The third-order valence-corrected chi connectivity index (χ3v) is 5.58. The van der Waals surface area contributed by atoms with Crippen LogP contribution in [0.4, 0.5) is 0 Å². The van der Waals surface area contributed by atoms with Crippen LogP contribution in [0.1, 0.15) is 34.0 Å². The number of aromatic nitrogens is 3. The highest BCUT2D eigenvalue weighted by molar-refractivity contribution is 5.95. The molecule has 0 saturated carbocycles. The number of amides is 1. The minimum atomic E-state index is 0.0922. The fourth-order valence-corrected chi connectivity index (χ4v) is 3.95. The van der Waals surface area contributed by atoms with Gasteiger partial charge in [-0.3, -0.25) is 14.7 Å². The first-order valence-electron chi connectivity index (χ1n) is 9.89. The molecule has 6 heteroatoms. The second-order valence-electron chi connectivity index (χ2n) is 7.58. The quantitative estimate of drug-likeness (QED) is 0.704. The lowest BCUT2D eigenvalue weighted by Crippen LogP contribution is -2.35. The van der Waals surface area contributed by atoms with Crippen molar-refractivity contribution in [2.75, 3.05) is 26.2 Å². The van der Waals surface area contributed by atoms with Gasteiger partial charge in [-0.05, 0) is 44.5 Å². The van der Waals surface area contributed by atoms with E-state index >= 15 is 0 Å². The monoisotopic (exact) mass is 377 g/mol. The van der Waals surface area contributed by atoms with E-state index in [2.05, 4.69) is 33.6 Å². The first-order chi connectivity index (χ1) is 13.5. The molecule has 28 heavy (non-hydrogen) atoms. The van der Waals surface area contributed by atoms with Crippen molar-refractivity contribution in [2.45, 2.75) is 26.8 Å². The van der Waals surface area contributed by atoms with E-state index in [9.17, 15) is 4.79 Å². The summed E-state index contributed by atoms with van der Waals surface area (Å²) in [5.74, 6) is 1.16. The maximum atomic E-state index is 13.0. The van der Waals surface area contributed by atoms with Crippen LogP contribution in [-0.4, -0.2) is 56.4 Å². The van der Waals surface area contributed by atoms with Crippen molar-refractivity contribution in [3.63, 3.8) is 0 Å². The number of nitrogens with zero attached hydrogens (tertiary/aromatic N) is 5. The lowest BCUT2D eigenvalue weighted by molar-refractivity contribution is 0.0759. The van der Waals surface area contributed by atoms with E-state index in [1.165, 1.54) is 0 Å². The smallest absolute Gasteiger partial charge is 0.255 e. The lowest BCUT2D eigenvalue weighted by atomic mass is 10.1. The van der Waals surface area contributed by atoms with E-state index < -0.39 is 0 Å². The van der Waals surface area contributed by atoms with E-state index in [1.807, 2.05) is 43.0 Å². The predicted molar refractivity (Wildman–Crippen MR) is 110 cm³/mol. The highest BCUT2D eigenvalue weighted by atomic mass is 16.2. The Kier molecular flexibility index (Phi) is 5.13. The molecule has 1 fully saturated rings. The molecule has 0 atom stereocenters. The largest absolute Gasteiger partial charge is 0.337 e. The van der Waals surface area contributed by atoms with Crippen LogP contribution >= 0.6 is 0 Å². The van der Waals surface area contributed by atoms with Gasteiger partial charge in [-0.1, -0.05) is 12.1 Å². The summed E-state index contributed by atoms with van der Waals surface area (Å²) in [5, 5.41) is 0. The number of rotatable bonds is 3. The number of para-hydroxylation sites is 2. The molecular formula is C22H27N5O. The molecule has 2 aromatic heterocycles. The van der Waals surface area contributed by atoms with Gasteiger partial charge in [-0.2, -0.15) is 0 Å². The molecule has 0 bridgehead atoms. The number of pyridine rings is 1. The van der Waals surface area contributed by atoms with Crippen molar-refractivity contribution in [3.05, 3.63) is 59.2 Å². The summed E-state index contributed by atoms with van der Waals surface area (Å²) < 4.78 is 2.17. The molecule has 1 aliphatic heterocycles. The van der Waals surface area contributed by atoms with Gasteiger partial charge in [-0.25, -0.2) is 4.98 Å². The van der Waals surface area contributed by atoms with E-state index in [0.29, 0.717) is 0 Å². The van der Waals surface area contributed by atoms with Gasteiger partial charge in [0.25, 0.3) is 5.91 Å². The molecule has 3 heterocycles. The number of hydrogen-bond donors (Lipinski definition) is 0. The summed E-state index contributed by atoms with van der Waals surface area (Å²) in [7, 11) is 2.07. The Balaban J connectivity index is 1.44. The molecule has 6 nitrogen and oxygen atoms in total. The van der Waals surface area contributed by atoms with Crippen molar-refractivity contribution in [2.24, 2.45) is 7.05 Å². The molecular weight excluding hydrogens is 350 g/mol. The van der Waals surface area contributed by atoms with Crippen LogP contribution in [0.15, 0.2) is 36.4 Å². The van der Waals surface area contributed by atoms with Crippen molar-refractivity contribution >= 4 is 16.9 Å². The average Bonchev–Trinajstić information content (AvgIpc) is 2.84. The summed E-state index contributed by atoms with van der Waals surface area (Å²) in [5.41, 5.74) is 4.67. The zero-order valence-corrected chi connectivity index (χ0v) is 16.9. The number of carbonyl (C=O) groups is 1. The molecule has 3 aromatic rings. The Hall–Kier alpha value is -2.73. The molecule has 4 rings (SSSR count). The summed E-state index contributed by atoms with van der Waals surface area (Å²) in [6, 6.07) is 12.0. The molecule has 0 spiro atoms. The third-order valence-electron chi connectivity index (χ3n) is 5.58. The molecule has 0 radical (unpaired) electrons. The van der Waals surface area contributed by atoms with Crippen molar-refractivity contribution < 1.29 is 4.79 Å². The van der Waals surface area contributed by atoms with Crippen LogP contribution in [0.2, 0.25) is 0 Å². The normalized spacial score (nSPS) is 15.8. The summed E-state index contributed by atoms with van der Waals surface area (Å²) in [6.45, 7) is 8.01.